The van der Waals surface area contributed by atoms with Gasteiger partial charge in [-0.15, -0.1) is 0 Å². The molecule has 1 fully saturated rings. The molecule has 0 spiro atoms. The van der Waals surface area contributed by atoms with Crippen LogP contribution < -0.4 is 5.32 Å². The van der Waals surface area contributed by atoms with E-state index < -0.39 is 54.1 Å². The zero-order valence-electron chi connectivity index (χ0n) is 17.7. The first-order chi connectivity index (χ1) is 15.2. The van der Waals surface area contributed by atoms with Crippen LogP contribution in [0.3, 0.4) is 0 Å². The predicted molar refractivity (Wildman–Crippen MR) is 104 cm³/mol. The summed E-state index contributed by atoms with van der Waals surface area (Å²) in [5.41, 5.74) is -0.338. The van der Waals surface area contributed by atoms with Crippen LogP contribution in [0.25, 0.3) is 0 Å². The largest absolute Gasteiger partial charge is 0.463 e. The minimum absolute atomic E-state index is 0.00977. The Morgan fingerprint density at radius 1 is 1.34 bits per heavy atom. The molecule has 0 unspecified atom stereocenters. The van der Waals surface area contributed by atoms with Crippen molar-refractivity contribution in [3.05, 3.63) is 35.1 Å². The SMILES string of the molecule is CO[C@H](C)[C@H](NC(=O)C[C@@H]1CCC(=O)N1Cc1cc(F)cc(F)c1F)C(=O)OCCC#N. The molecule has 174 valence electrons. The highest BCUT2D eigenvalue weighted by atomic mass is 19.2. The van der Waals surface area contributed by atoms with Gasteiger partial charge >= 0.3 is 5.97 Å². The standard InChI is InChI=1S/C21H24F3N3O5/c1-12(31-2)20(21(30)32-7-3-6-25)26-17(28)10-15-4-5-18(29)27(15)11-13-8-14(22)9-16(23)19(13)24/h8-9,12,15,20H,3-5,7,10-11H2,1-2H3,(H,26,28)/t12-,15+,20+/m1/s1. The number of carbonyl (C=O) groups is 3. The molecule has 1 heterocycles. The van der Waals surface area contributed by atoms with Crippen LogP contribution in [0, 0.1) is 28.8 Å². The average Bonchev–Trinajstić information content (AvgIpc) is 3.08. The van der Waals surface area contributed by atoms with Crippen LogP contribution in [0.1, 0.15) is 38.2 Å². The van der Waals surface area contributed by atoms with E-state index in [0.717, 1.165) is 6.07 Å². The van der Waals surface area contributed by atoms with E-state index in [9.17, 15) is 27.6 Å². The van der Waals surface area contributed by atoms with Gasteiger partial charge in [-0.3, -0.25) is 9.59 Å². The number of ether oxygens (including phenoxy) is 2. The van der Waals surface area contributed by atoms with Crippen LogP contribution in [-0.4, -0.2) is 54.6 Å². The number of rotatable bonds is 10. The fourth-order valence-electron chi connectivity index (χ4n) is 3.37. The van der Waals surface area contributed by atoms with Crippen molar-refractivity contribution in [3.63, 3.8) is 0 Å². The number of likely N-dealkylation sites (tertiary alicyclic amines) is 1. The van der Waals surface area contributed by atoms with Crippen LogP contribution >= 0.6 is 0 Å². The first kappa shape index (κ1) is 25.1. The molecule has 2 rings (SSSR count). The van der Waals surface area contributed by atoms with E-state index in [2.05, 4.69) is 5.32 Å². The van der Waals surface area contributed by atoms with Crippen molar-refractivity contribution in [1.82, 2.24) is 10.2 Å². The number of hydrogen-bond acceptors (Lipinski definition) is 6. The van der Waals surface area contributed by atoms with Crippen molar-refractivity contribution in [2.45, 2.75) is 57.3 Å². The van der Waals surface area contributed by atoms with Crippen LogP contribution in [-0.2, 0) is 30.4 Å². The molecule has 1 aliphatic rings. The van der Waals surface area contributed by atoms with Gasteiger partial charge in [0, 0.05) is 44.2 Å². The maximum atomic E-state index is 14.0. The Bertz CT molecular complexity index is 905. The summed E-state index contributed by atoms with van der Waals surface area (Å²) in [7, 11) is 1.34. The monoisotopic (exact) mass is 455 g/mol. The topological polar surface area (TPSA) is 109 Å². The smallest absolute Gasteiger partial charge is 0.331 e. The molecule has 0 radical (unpaired) electrons. The summed E-state index contributed by atoms with van der Waals surface area (Å²) in [6.45, 7) is 1.01. The van der Waals surface area contributed by atoms with Crippen molar-refractivity contribution in [2.24, 2.45) is 0 Å². The summed E-state index contributed by atoms with van der Waals surface area (Å²) in [6.07, 6.45) is -0.596. The zero-order valence-corrected chi connectivity index (χ0v) is 17.7. The summed E-state index contributed by atoms with van der Waals surface area (Å²) in [5.74, 6) is -5.36. The molecule has 32 heavy (non-hydrogen) atoms. The Labute approximate surface area is 183 Å². The Morgan fingerprint density at radius 2 is 2.06 bits per heavy atom. The van der Waals surface area contributed by atoms with E-state index in [1.807, 2.05) is 6.07 Å². The minimum Gasteiger partial charge on any atom is -0.463 e. The Morgan fingerprint density at radius 3 is 2.72 bits per heavy atom. The quantitative estimate of drug-likeness (QED) is 0.328. The molecule has 0 aliphatic carbocycles. The lowest BCUT2D eigenvalue weighted by atomic mass is 10.1. The van der Waals surface area contributed by atoms with Gasteiger partial charge in [0.1, 0.15) is 12.4 Å². The molecule has 2 amide bonds. The fourth-order valence-corrected chi connectivity index (χ4v) is 3.37. The third kappa shape index (κ3) is 6.43. The highest BCUT2D eigenvalue weighted by molar-refractivity contribution is 5.86. The Balaban J connectivity index is 2.07. The maximum absolute atomic E-state index is 14.0. The van der Waals surface area contributed by atoms with Gasteiger partial charge in [-0.05, 0) is 19.4 Å². The van der Waals surface area contributed by atoms with Crippen molar-refractivity contribution in [1.29, 1.82) is 5.26 Å². The number of nitrogens with zero attached hydrogens (tertiary/aromatic N) is 2. The second kappa shape index (κ2) is 11.5. The average molecular weight is 455 g/mol. The van der Waals surface area contributed by atoms with Crippen LogP contribution in [0.15, 0.2) is 12.1 Å². The van der Waals surface area contributed by atoms with E-state index in [1.54, 1.807) is 6.92 Å². The van der Waals surface area contributed by atoms with Gasteiger partial charge in [-0.25, -0.2) is 18.0 Å². The van der Waals surface area contributed by atoms with Gasteiger partial charge in [0.05, 0.1) is 18.6 Å². The molecule has 3 atom stereocenters. The van der Waals surface area contributed by atoms with E-state index in [0.29, 0.717) is 6.07 Å². The fraction of sp³-hybridized carbons (Fsp3) is 0.524. The molecule has 8 nitrogen and oxygen atoms in total. The molecule has 1 aliphatic heterocycles. The van der Waals surface area contributed by atoms with Gasteiger partial charge < -0.3 is 19.7 Å². The van der Waals surface area contributed by atoms with Crippen molar-refractivity contribution in [2.75, 3.05) is 13.7 Å². The number of nitrogens with one attached hydrogen (secondary N) is 1. The first-order valence-corrected chi connectivity index (χ1v) is 9.96. The van der Waals surface area contributed by atoms with Gasteiger partial charge in [-0.1, -0.05) is 0 Å². The van der Waals surface area contributed by atoms with Crippen LogP contribution in [0.4, 0.5) is 13.2 Å². The highest BCUT2D eigenvalue weighted by Gasteiger charge is 2.35. The number of methoxy groups -OCH3 is 1. The zero-order chi connectivity index (χ0) is 23.8. The molecule has 1 aromatic rings. The van der Waals surface area contributed by atoms with E-state index in [4.69, 9.17) is 14.7 Å². The number of hydrogen-bond donors (Lipinski definition) is 1. The number of amides is 2. The molecule has 1 N–H and O–H groups in total. The van der Waals surface area contributed by atoms with Crippen molar-refractivity contribution >= 4 is 17.8 Å². The lowest BCUT2D eigenvalue weighted by molar-refractivity contribution is -0.151. The molecule has 11 heteroatoms. The van der Waals surface area contributed by atoms with Crippen molar-refractivity contribution in [3.8, 4) is 6.07 Å². The minimum atomic E-state index is -1.37. The maximum Gasteiger partial charge on any atom is 0.331 e. The molecule has 0 aromatic heterocycles. The van der Waals surface area contributed by atoms with Gasteiger partial charge in [0.25, 0.3) is 0 Å². The second-order valence-electron chi connectivity index (χ2n) is 7.34. The van der Waals surface area contributed by atoms with Gasteiger partial charge in [0.2, 0.25) is 11.8 Å². The van der Waals surface area contributed by atoms with Crippen molar-refractivity contribution < 1.29 is 37.0 Å². The summed E-state index contributed by atoms with van der Waals surface area (Å²) < 4.78 is 51.1. The summed E-state index contributed by atoms with van der Waals surface area (Å²) in [5, 5.41) is 11.0. The van der Waals surface area contributed by atoms with E-state index >= 15 is 0 Å². The third-order valence-electron chi connectivity index (χ3n) is 5.15. The molecule has 0 bridgehead atoms. The molecular formula is C21H24F3N3O5. The highest BCUT2D eigenvalue weighted by Crippen LogP contribution is 2.26. The second-order valence-corrected chi connectivity index (χ2v) is 7.34. The lowest BCUT2D eigenvalue weighted by Gasteiger charge is -2.27. The lowest BCUT2D eigenvalue weighted by Crippen LogP contribution is -2.50. The van der Waals surface area contributed by atoms with E-state index in [1.165, 1.54) is 12.0 Å². The summed E-state index contributed by atoms with van der Waals surface area (Å²) in [4.78, 5) is 38.3. The Kier molecular flexibility index (Phi) is 9.02. The van der Waals surface area contributed by atoms with E-state index in [-0.39, 0.29) is 43.8 Å². The molecule has 0 saturated carbocycles. The van der Waals surface area contributed by atoms with Gasteiger partial charge in [-0.2, -0.15) is 5.26 Å². The van der Waals surface area contributed by atoms with Crippen LogP contribution in [0.5, 0.6) is 0 Å². The Hall–Kier alpha value is -3.13. The third-order valence-corrected chi connectivity index (χ3v) is 5.15. The first-order valence-electron chi connectivity index (χ1n) is 9.96. The van der Waals surface area contributed by atoms with Crippen LogP contribution in [0.2, 0.25) is 0 Å². The normalized spacial score (nSPS) is 17.6. The van der Waals surface area contributed by atoms with Gasteiger partial charge in [0.15, 0.2) is 17.7 Å². The number of benzene rings is 1. The number of halogens is 3. The molecule has 1 saturated heterocycles. The summed E-state index contributed by atoms with van der Waals surface area (Å²) in [6, 6.07) is 1.23. The molecule has 1 aromatic carbocycles. The number of carbonyl (C=O) groups excluding carboxylic acids is 3. The predicted octanol–water partition coefficient (Wildman–Crippen LogP) is 1.96. The number of nitriles is 1. The summed E-state index contributed by atoms with van der Waals surface area (Å²) >= 11 is 0. The molecular weight excluding hydrogens is 431 g/mol. The number of esters is 1.